The van der Waals surface area contributed by atoms with Gasteiger partial charge in [-0.1, -0.05) is 206 Å². The molecule has 8 nitrogen and oxygen atoms in total. The van der Waals surface area contributed by atoms with E-state index < -0.39 is 0 Å². The third-order valence-corrected chi connectivity index (χ3v) is 11.6. The van der Waals surface area contributed by atoms with Crippen LogP contribution in [-0.4, -0.2) is 29.9 Å². The molecule has 0 atom stereocenters. The third-order valence-electron chi connectivity index (χ3n) is 11.6. The summed E-state index contributed by atoms with van der Waals surface area (Å²) in [5.74, 6) is 2.80. The first-order valence-electron chi connectivity index (χ1n) is 22.5. The molecule has 0 fully saturated rings. The molecule has 0 N–H and O–H groups in total. The van der Waals surface area contributed by atoms with Crippen LogP contribution in [0.25, 0.3) is 67.8 Å². The van der Waals surface area contributed by atoms with E-state index in [9.17, 15) is 0 Å². The molecule has 2 aromatic heterocycles. The summed E-state index contributed by atoms with van der Waals surface area (Å²) in [4.78, 5) is 34.8. The topological polar surface area (TPSA) is 83.8 Å². The molecule has 68 heavy (non-hydrogen) atoms. The summed E-state index contributed by atoms with van der Waals surface area (Å²) >= 11 is 0. The molecule has 2 heterocycles. The molecule has 0 saturated heterocycles. The molecule has 0 radical (unpaired) electrons. The molecule has 0 saturated carbocycles. The normalized spacial score (nSPS) is 10.9. The van der Waals surface area contributed by atoms with Crippen LogP contribution in [0, 0.1) is 0 Å². The second-order valence-electron chi connectivity index (χ2n) is 16.0. The molecule has 0 unspecified atom stereocenters. The van der Waals surface area contributed by atoms with Gasteiger partial charge in [0.25, 0.3) is 0 Å². The minimum Gasteiger partial charge on any atom is -0.311 e. The van der Waals surface area contributed by atoms with E-state index in [-0.39, 0.29) is 0 Å². The Hall–Kier alpha value is -9.40. The SMILES string of the molecule is c1ccc(-c2ccc(N(c3ccccc3)c3ccc(-c4ccc(N(c5nc(-c6ccccc6)nc(-c6ccccc6)n5)c5nc(-c6ccccc6)nc(-c6ccccc6)n5)cc4)cc3)cc2)cc1. The summed E-state index contributed by atoms with van der Waals surface area (Å²) in [7, 11) is 0. The zero-order chi connectivity index (χ0) is 45.5. The molecular formula is C60H42N8. The van der Waals surface area contributed by atoms with E-state index in [0.717, 1.165) is 56.1 Å². The monoisotopic (exact) mass is 874 g/mol. The van der Waals surface area contributed by atoms with Crippen LogP contribution in [0.3, 0.4) is 0 Å². The van der Waals surface area contributed by atoms with Gasteiger partial charge >= 0.3 is 0 Å². The van der Waals surface area contributed by atoms with Gasteiger partial charge in [0, 0.05) is 39.3 Å². The van der Waals surface area contributed by atoms with Crippen LogP contribution < -0.4 is 9.80 Å². The highest BCUT2D eigenvalue weighted by molar-refractivity contribution is 5.81. The van der Waals surface area contributed by atoms with Gasteiger partial charge in [0.15, 0.2) is 23.3 Å². The summed E-state index contributed by atoms with van der Waals surface area (Å²) in [6.45, 7) is 0. The average molecular weight is 875 g/mol. The minimum atomic E-state index is 0.358. The largest absolute Gasteiger partial charge is 0.311 e. The molecular weight excluding hydrogens is 833 g/mol. The zero-order valence-electron chi connectivity index (χ0n) is 36.8. The Morgan fingerprint density at radius 3 is 0.691 bits per heavy atom. The van der Waals surface area contributed by atoms with Crippen LogP contribution in [0.15, 0.2) is 255 Å². The van der Waals surface area contributed by atoms with E-state index in [0.29, 0.717) is 35.2 Å². The number of anilines is 6. The zero-order valence-corrected chi connectivity index (χ0v) is 36.8. The van der Waals surface area contributed by atoms with E-state index in [2.05, 4.69) is 126 Å². The van der Waals surface area contributed by atoms with Crippen molar-refractivity contribution in [2.45, 2.75) is 0 Å². The number of para-hydroxylation sites is 1. The first-order valence-corrected chi connectivity index (χ1v) is 22.5. The van der Waals surface area contributed by atoms with Crippen molar-refractivity contribution < 1.29 is 0 Å². The summed E-state index contributed by atoms with van der Waals surface area (Å²) in [5.41, 5.74) is 11.8. The number of hydrogen-bond donors (Lipinski definition) is 0. The Balaban J connectivity index is 1.01. The molecule has 0 aliphatic heterocycles. The predicted molar refractivity (Wildman–Crippen MR) is 275 cm³/mol. The fraction of sp³-hybridized carbons (Fsp3) is 0. The van der Waals surface area contributed by atoms with E-state index in [4.69, 9.17) is 29.9 Å². The summed E-state index contributed by atoms with van der Waals surface area (Å²) in [6, 6.07) is 86.5. The second kappa shape index (κ2) is 19.0. The molecule has 11 aromatic rings. The van der Waals surface area contributed by atoms with Crippen molar-refractivity contribution in [3.05, 3.63) is 255 Å². The van der Waals surface area contributed by atoms with Gasteiger partial charge in [0.1, 0.15) is 0 Å². The van der Waals surface area contributed by atoms with Crippen molar-refractivity contribution in [3.63, 3.8) is 0 Å². The van der Waals surface area contributed by atoms with E-state index in [1.807, 2.05) is 138 Å². The number of nitrogens with zero attached hydrogens (tertiary/aromatic N) is 8. The molecule has 0 spiro atoms. The fourth-order valence-corrected chi connectivity index (χ4v) is 8.18. The quantitative estimate of drug-likeness (QED) is 0.120. The lowest BCUT2D eigenvalue weighted by molar-refractivity contribution is 0.964. The molecule has 8 heteroatoms. The molecule has 322 valence electrons. The summed E-state index contributed by atoms with van der Waals surface area (Å²) < 4.78 is 0. The van der Waals surface area contributed by atoms with Gasteiger partial charge in [-0.15, -0.1) is 0 Å². The number of hydrogen-bond acceptors (Lipinski definition) is 8. The molecule has 0 amide bonds. The van der Waals surface area contributed by atoms with Crippen molar-refractivity contribution in [1.29, 1.82) is 0 Å². The van der Waals surface area contributed by atoms with E-state index in [1.54, 1.807) is 0 Å². The van der Waals surface area contributed by atoms with Crippen LogP contribution in [0.1, 0.15) is 0 Å². The number of benzene rings is 9. The smallest absolute Gasteiger partial charge is 0.241 e. The minimum absolute atomic E-state index is 0.358. The standard InChI is InChI=1S/C60H42N8/c1-7-19-43(20-8-1)44-31-37-52(38-32-44)67(51-29-17-6-18-30-51)53-39-33-45(34-40-53)46-35-41-54(42-36-46)68(59-63-55(47-21-9-2-10-22-47)61-56(64-59)48-23-11-3-12-24-48)60-65-57(49-25-13-4-14-26-49)62-58(66-60)50-27-15-5-16-28-50/h1-42H. The van der Waals surface area contributed by atoms with Crippen LogP contribution >= 0.6 is 0 Å². The van der Waals surface area contributed by atoms with Crippen LogP contribution in [-0.2, 0) is 0 Å². The van der Waals surface area contributed by atoms with Crippen molar-refractivity contribution in [2.75, 3.05) is 9.80 Å². The lowest BCUT2D eigenvalue weighted by Crippen LogP contribution is -2.19. The van der Waals surface area contributed by atoms with E-state index in [1.165, 1.54) is 11.1 Å². The summed E-state index contributed by atoms with van der Waals surface area (Å²) in [6.07, 6.45) is 0. The number of aromatic nitrogens is 6. The molecule has 11 rings (SSSR count). The predicted octanol–water partition coefficient (Wildman–Crippen LogP) is 15.0. The van der Waals surface area contributed by atoms with Crippen LogP contribution in [0.2, 0.25) is 0 Å². The van der Waals surface area contributed by atoms with Gasteiger partial charge in [-0.25, -0.2) is 14.9 Å². The van der Waals surface area contributed by atoms with Gasteiger partial charge in [-0.3, -0.25) is 0 Å². The summed E-state index contributed by atoms with van der Waals surface area (Å²) in [5, 5.41) is 0. The van der Waals surface area contributed by atoms with Gasteiger partial charge in [-0.2, -0.15) is 19.9 Å². The lowest BCUT2D eigenvalue weighted by Gasteiger charge is -2.26. The van der Waals surface area contributed by atoms with Gasteiger partial charge in [0.05, 0.1) is 5.69 Å². The Labute approximate surface area is 395 Å². The lowest BCUT2D eigenvalue weighted by atomic mass is 10.0. The van der Waals surface area contributed by atoms with Gasteiger partial charge in [-0.05, 0) is 70.8 Å². The highest BCUT2D eigenvalue weighted by Gasteiger charge is 2.24. The third kappa shape index (κ3) is 8.85. The highest BCUT2D eigenvalue weighted by Crippen LogP contribution is 2.39. The maximum atomic E-state index is 5.16. The van der Waals surface area contributed by atoms with Crippen molar-refractivity contribution in [2.24, 2.45) is 0 Å². The molecule has 0 aliphatic carbocycles. The number of rotatable bonds is 12. The second-order valence-corrected chi connectivity index (χ2v) is 16.0. The van der Waals surface area contributed by atoms with Gasteiger partial charge in [0.2, 0.25) is 11.9 Å². The highest BCUT2D eigenvalue weighted by atomic mass is 15.4. The Bertz CT molecular complexity index is 3160. The Morgan fingerprint density at radius 1 is 0.176 bits per heavy atom. The van der Waals surface area contributed by atoms with Gasteiger partial charge < -0.3 is 4.90 Å². The van der Waals surface area contributed by atoms with Crippen molar-refractivity contribution in [3.8, 4) is 67.8 Å². The van der Waals surface area contributed by atoms with Crippen LogP contribution in [0.5, 0.6) is 0 Å². The Morgan fingerprint density at radius 2 is 0.397 bits per heavy atom. The van der Waals surface area contributed by atoms with Crippen molar-refractivity contribution in [1.82, 2.24) is 29.9 Å². The molecule has 0 aliphatic rings. The fourth-order valence-electron chi connectivity index (χ4n) is 8.18. The maximum absolute atomic E-state index is 5.16. The Kier molecular flexibility index (Phi) is 11.5. The maximum Gasteiger partial charge on any atom is 0.241 e. The molecule has 0 bridgehead atoms. The van der Waals surface area contributed by atoms with Crippen LogP contribution in [0.4, 0.5) is 34.6 Å². The molecule has 9 aromatic carbocycles. The van der Waals surface area contributed by atoms with E-state index >= 15 is 0 Å². The average Bonchev–Trinajstić information content (AvgIpc) is 3.43. The first kappa shape index (κ1) is 41.3. The first-order chi connectivity index (χ1) is 33.7. The van der Waals surface area contributed by atoms with Crippen molar-refractivity contribution >= 4 is 34.6 Å².